The largest absolute Gasteiger partial charge is 0.573 e. The average Bonchev–Trinajstić information content (AvgIpc) is 3.30. The van der Waals surface area contributed by atoms with Crippen LogP contribution in [0.15, 0.2) is 36.9 Å². The Morgan fingerprint density at radius 2 is 1.83 bits per heavy atom. The van der Waals surface area contributed by atoms with E-state index in [1.807, 2.05) is 11.9 Å². The summed E-state index contributed by atoms with van der Waals surface area (Å²) in [4.78, 5) is 37.3. The van der Waals surface area contributed by atoms with Gasteiger partial charge in [0, 0.05) is 49.7 Å². The normalized spacial score (nSPS) is 15.0. The third kappa shape index (κ3) is 7.02. The quantitative estimate of drug-likeness (QED) is 0.447. The molecule has 36 heavy (non-hydrogen) atoms. The van der Waals surface area contributed by atoms with Crippen molar-refractivity contribution in [2.45, 2.75) is 12.8 Å². The molecule has 1 aliphatic heterocycles. The van der Waals surface area contributed by atoms with Crippen molar-refractivity contribution in [2.24, 2.45) is 0 Å². The van der Waals surface area contributed by atoms with Gasteiger partial charge in [-0.3, -0.25) is 14.5 Å². The minimum atomic E-state index is -4.97. The Hall–Kier alpha value is -3.49. The molecule has 0 unspecified atom stereocenters. The molecule has 2 aromatic heterocycles. The Morgan fingerprint density at radius 1 is 1.11 bits per heavy atom. The van der Waals surface area contributed by atoms with Crippen LogP contribution in [-0.2, 0) is 11.2 Å². The maximum absolute atomic E-state index is 12.9. The van der Waals surface area contributed by atoms with Crippen molar-refractivity contribution in [3.8, 4) is 16.3 Å². The van der Waals surface area contributed by atoms with Crippen molar-refractivity contribution in [1.82, 2.24) is 30.0 Å². The molecule has 0 bridgehead atoms. The number of rotatable bonds is 8. The van der Waals surface area contributed by atoms with Crippen LogP contribution in [0.3, 0.4) is 0 Å². The SMILES string of the molecule is CN1CCN(CC(=O)Nc2cc(C(=O)Cc3nnc(-c4cncnc4)s3)ccc2OC(F)(F)F)CC1. The van der Waals surface area contributed by atoms with Crippen LogP contribution in [0.4, 0.5) is 18.9 Å². The Morgan fingerprint density at radius 3 is 2.53 bits per heavy atom. The number of hydrogen-bond acceptors (Lipinski definition) is 10. The first-order valence-electron chi connectivity index (χ1n) is 10.9. The van der Waals surface area contributed by atoms with Gasteiger partial charge in [-0.1, -0.05) is 11.3 Å². The van der Waals surface area contributed by atoms with Crippen molar-refractivity contribution in [2.75, 3.05) is 45.1 Å². The molecule has 0 aliphatic carbocycles. The summed E-state index contributed by atoms with van der Waals surface area (Å²) < 4.78 is 42.8. The maximum atomic E-state index is 12.9. The number of piperazine rings is 1. The topological polar surface area (TPSA) is 113 Å². The van der Waals surface area contributed by atoms with Crippen molar-refractivity contribution >= 4 is 28.7 Å². The van der Waals surface area contributed by atoms with Gasteiger partial charge in [0.15, 0.2) is 16.5 Å². The average molecular weight is 522 g/mol. The summed E-state index contributed by atoms with van der Waals surface area (Å²) in [6, 6.07) is 3.41. The third-order valence-corrected chi connectivity index (χ3v) is 6.32. The van der Waals surface area contributed by atoms with Gasteiger partial charge in [-0.05, 0) is 25.2 Å². The minimum Gasteiger partial charge on any atom is -0.404 e. The van der Waals surface area contributed by atoms with Crippen molar-refractivity contribution in [3.05, 3.63) is 47.5 Å². The summed E-state index contributed by atoms with van der Waals surface area (Å²) in [6.45, 7) is 2.89. The second-order valence-corrected chi connectivity index (χ2v) is 9.18. The zero-order valence-corrected chi connectivity index (χ0v) is 20.0. The summed E-state index contributed by atoms with van der Waals surface area (Å²) in [7, 11) is 1.97. The van der Waals surface area contributed by atoms with E-state index >= 15 is 0 Å². The molecule has 3 heterocycles. The highest BCUT2D eigenvalue weighted by molar-refractivity contribution is 7.14. The molecule has 4 rings (SSSR count). The van der Waals surface area contributed by atoms with E-state index in [4.69, 9.17) is 0 Å². The number of carbonyl (C=O) groups is 2. The van der Waals surface area contributed by atoms with Gasteiger partial charge >= 0.3 is 6.36 Å². The molecule has 0 atom stereocenters. The number of Topliss-reactive ketones (excluding diaryl/α,β-unsaturated/α-hetero) is 1. The van der Waals surface area contributed by atoms with Crippen LogP contribution < -0.4 is 10.1 Å². The Labute approximate surface area is 208 Å². The second kappa shape index (κ2) is 11.1. The molecule has 1 saturated heterocycles. The van der Waals surface area contributed by atoms with Gasteiger partial charge in [-0.15, -0.1) is 23.4 Å². The lowest BCUT2D eigenvalue weighted by molar-refractivity contribution is -0.274. The minimum absolute atomic E-state index is 0.00817. The van der Waals surface area contributed by atoms with E-state index in [2.05, 4.69) is 35.1 Å². The number of anilines is 1. The highest BCUT2D eigenvalue weighted by Gasteiger charge is 2.32. The summed E-state index contributed by atoms with van der Waals surface area (Å²) in [5.41, 5.74) is 0.503. The van der Waals surface area contributed by atoms with Crippen LogP contribution in [0.25, 0.3) is 10.6 Å². The van der Waals surface area contributed by atoms with Crippen molar-refractivity contribution in [3.63, 3.8) is 0 Å². The number of likely N-dealkylation sites (N-methyl/N-ethyl adjacent to an activating group) is 1. The number of ether oxygens (including phenoxy) is 1. The van der Waals surface area contributed by atoms with E-state index in [0.717, 1.165) is 19.2 Å². The Kier molecular flexibility index (Phi) is 7.86. The van der Waals surface area contributed by atoms with Crippen LogP contribution in [0.1, 0.15) is 15.4 Å². The third-order valence-electron chi connectivity index (χ3n) is 5.35. The Bertz CT molecular complexity index is 1220. The van der Waals surface area contributed by atoms with Crippen molar-refractivity contribution < 1.29 is 27.5 Å². The van der Waals surface area contributed by atoms with Crippen LogP contribution in [0.5, 0.6) is 5.75 Å². The first-order valence-corrected chi connectivity index (χ1v) is 11.7. The molecule has 10 nitrogen and oxygen atoms in total. The fourth-order valence-corrected chi connectivity index (χ4v) is 4.32. The van der Waals surface area contributed by atoms with E-state index in [-0.39, 0.29) is 24.2 Å². The molecule has 1 N–H and O–H groups in total. The van der Waals surface area contributed by atoms with Gasteiger partial charge in [0.05, 0.1) is 18.7 Å². The number of amides is 1. The number of halogens is 3. The molecule has 1 aromatic carbocycles. The predicted octanol–water partition coefficient (Wildman–Crippen LogP) is 2.50. The highest BCUT2D eigenvalue weighted by Crippen LogP contribution is 2.32. The number of carbonyl (C=O) groups excluding carboxylic acids is 2. The molecule has 1 amide bonds. The summed E-state index contributed by atoms with van der Waals surface area (Å²) in [5.74, 6) is -1.52. The smallest absolute Gasteiger partial charge is 0.404 e. The molecule has 1 aliphatic rings. The zero-order valence-electron chi connectivity index (χ0n) is 19.2. The van der Waals surface area contributed by atoms with Gasteiger partial charge in [0.25, 0.3) is 0 Å². The van der Waals surface area contributed by atoms with E-state index < -0.39 is 23.8 Å². The lowest BCUT2D eigenvalue weighted by Gasteiger charge is -2.31. The molecule has 3 aromatic rings. The lowest BCUT2D eigenvalue weighted by atomic mass is 10.1. The first-order chi connectivity index (χ1) is 17.2. The van der Waals surface area contributed by atoms with Gasteiger partial charge in [0.2, 0.25) is 5.91 Å². The van der Waals surface area contributed by atoms with Crippen molar-refractivity contribution in [1.29, 1.82) is 0 Å². The number of ketones is 1. The van der Waals surface area contributed by atoms with Gasteiger partial charge < -0.3 is 15.0 Å². The van der Waals surface area contributed by atoms with E-state index in [1.54, 1.807) is 12.4 Å². The number of nitrogens with zero attached hydrogens (tertiary/aromatic N) is 6. The molecule has 0 radical (unpaired) electrons. The first kappa shape index (κ1) is 25.6. The number of benzene rings is 1. The molecule has 190 valence electrons. The number of alkyl halides is 3. The van der Waals surface area contributed by atoms with E-state index in [0.29, 0.717) is 28.7 Å². The summed E-state index contributed by atoms with van der Waals surface area (Å²) >= 11 is 1.18. The molecule has 0 spiro atoms. The molecule has 14 heteroatoms. The second-order valence-electron chi connectivity index (χ2n) is 8.11. The highest BCUT2D eigenvalue weighted by atomic mass is 32.1. The van der Waals surface area contributed by atoms with Crippen LogP contribution >= 0.6 is 11.3 Å². The summed E-state index contributed by atoms with van der Waals surface area (Å²) in [6.07, 6.45) is -0.583. The van der Waals surface area contributed by atoms with E-state index in [1.165, 1.54) is 29.8 Å². The molecular weight excluding hydrogens is 499 g/mol. The fourth-order valence-electron chi connectivity index (χ4n) is 3.50. The van der Waals surface area contributed by atoms with Crippen LogP contribution in [-0.4, -0.2) is 87.8 Å². The monoisotopic (exact) mass is 521 g/mol. The fraction of sp³-hybridized carbons (Fsp3) is 0.364. The molecular formula is C22H22F3N7O3S. The number of nitrogens with one attached hydrogen (secondary N) is 1. The number of hydrogen-bond donors (Lipinski definition) is 1. The lowest BCUT2D eigenvalue weighted by Crippen LogP contribution is -2.47. The summed E-state index contributed by atoms with van der Waals surface area (Å²) in [5, 5.41) is 11.4. The molecule has 0 saturated carbocycles. The predicted molar refractivity (Wildman–Crippen MR) is 125 cm³/mol. The Balaban J connectivity index is 1.48. The number of aromatic nitrogens is 4. The van der Waals surface area contributed by atoms with Crippen LogP contribution in [0.2, 0.25) is 0 Å². The van der Waals surface area contributed by atoms with Crippen LogP contribution in [0, 0.1) is 0 Å². The van der Waals surface area contributed by atoms with Gasteiger partial charge in [-0.25, -0.2) is 9.97 Å². The van der Waals surface area contributed by atoms with Gasteiger partial charge in [0.1, 0.15) is 11.3 Å². The standard InChI is InChI=1S/C22H22F3N7O3S/c1-31-4-6-32(7-5-31)12-19(34)28-16-8-14(2-3-18(16)35-22(23,24)25)17(33)9-20-29-30-21(36-20)15-10-26-13-27-11-15/h2-3,8,10-11,13H,4-7,9,12H2,1H3,(H,28,34). The maximum Gasteiger partial charge on any atom is 0.573 e. The zero-order chi connectivity index (χ0) is 25.7. The van der Waals surface area contributed by atoms with Gasteiger partial charge in [-0.2, -0.15) is 0 Å². The molecule has 1 fully saturated rings. The van der Waals surface area contributed by atoms with E-state index in [9.17, 15) is 22.8 Å².